The van der Waals surface area contributed by atoms with Crippen molar-refractivity contribution in [1.29, 1.82) is 5.26 Å². The molecule has 0 heterocycles. The van der Waals surface area contributed by atoms with Crippen LogP contribution in [0.5, 0.6) is 0 Å². The molecule has 5 heteroatoms. The second-order valence-corrected chi connectivity index (χ2v) is 6.94. The van der Waals surface area contributed by atoms with Gasteiger partial charge in [0, 0.05) is 10.8 Å². The van der Waals surface area contributed by atoms with Crippen LogP contribution in [0.4, 0.5) is 4.39 Å². The van der Waals surface area contributed by atoms with Crippen LogP contribution in [-0.4, -0.2) is 17.2 Å². The molecule has 1 aromatic rings. The molecule has 1 fully saturated rings. The van der Waals surface area contributed by atoms with Crippen molar-refractivity contribution in [2.24, 2.45) is 5.92 Å². The third-order valence-electron chi connectivity index (χ3n) is 3.83. The summed E-state index contributed by atoms with van der Waals surface area (Å²) >= 11 is 1.37. The van der Waals surface area contributed by atoms with E-state index in [4.69, 9.17) is 0 Å². The van der Waals surface area contributed by atoms with Crippen LogP contribution in [0, 0.1) is 23.1 Å². The maximum absolute atomic E-state index is 13.6. The number of nitrogens with one attached hydrogen (secondary N) is 1. The molecule has 2 rings (SSSR count). The lowest BCUT2D eigenvalue weighted by Gasteiger charge is -2.23. The van der Waals surface area contributed by atoms with Gasteiger partial charge in [-0.3, -0.25) is 4.79 Å². The minimum atomic E-state index is -0.765. The molecule has 1 aromatic carbocycles. The molecule has 0 saturated heterocycles. The van der Waals surface area contributed by atoms with E-state index in [9.17, 15) is 14.4 Å². The minimum absolute atomic E-state index is 0.105. The summed E-state index contributed by atoms with van der Waals surface area (Å²) in [5.41, 5.74) is -0.167. The molecule has 0 aromatic heterocycles. The van der Waals surface area contributed by atoms with E-state index < -0.39 is 5.54 Å². The Bertz CT molecular complexity index is 568. The second-order valence-electron chi connectivity index (χ2n) is 5.61. The number of rotatable bonds is 6. The fraction of sp³-hybridized carbons (Fsp3) is 0.500. The summed E-state index contributed by atoms with van der Waals surface area (Å²) in [5, 5.41) is 11.9. The Balaban J connectivity index is 1.87. The number of thioether (sulfide) groups is 1. The van der Waals surface area contributed by atoms with E-state index in [0.717, 1.165) is 12.8 Å². The van der Waals surface area contributed by atoms with Crippen LogP contribution in [0.25, 0.3) is 0 Å². The molecule has 0 radical (unpaired) electrons. The Hall–Kier alpha value is -1.54. The highest BCUT2D eigenvalue weighted by Gasteiger charge is 2.42. The van der Waals surface area contributed by atoms with Crippen LogP contribution in [-0.2, 0) is 4.79 Å². The van der Waals surface area contributed by atoms with Crippen molar-refractivity contribution >= 4 is 17.7 Å². The van der Waals surface area contributed by atoms with Crippen molar-refractivity contribution in [3.8, 4) is 6.07 Å². The molecule has 1 saturated carbocycles. The summed E-state index contributed by atoms with van der Waals surface area (Å²) in [6, 6.07) is 8.79. The number of carbonyl (C=O) groups is 1. The Morgan fingerprint density at radius 1 is 1.57 bits per heavy atom. The van der Waals surface area contributed by atoms with E-state index in [1.54, 1.807) is 25.1 Å². The highest BCUT2D eigenvalue weighted by Crippen LogP contribution is 2.39. The summed E-state index contributed by atoms with van der Waals surface area (Å²) < 4.78 is 13.6. The maximum Gasteiger partial charge on any atom is 0.231 e. The predicted molar refractivity (Wildman–Crippen MR) is 82.2 cm³/mol. The first-order valence-electron chi connectivity index (χ1n) is 7.04. The lowest BCUT2D eigenvalue weighted by Crippen LogP contribution is -2.47. The first-order valence-corrected chi connectivity index (χ1v) is 8.09. The fourth-order valence-electron chi connectivity index (χ4n) is 2.30. The van der Waals surface area contributed by atoms with Gasteiger partial charge in [-0.1, -0.05) is 18.2 Å². The smallest absolute Gasteiger partial charge is 0.231 e. The Labute approximate surface area is 128 Å². The monoisotopic (exact) mass is 306 g/mol. The van der Waals surface area contributed by atoms with Crippen LogP contribution < -0.4 is 5.32 Å². The van der Waals surface area contributed by atoms with Crippen molar-refractivity contribution < 1.29 is 9.18 Å². The van der Waals surface area contributed by atoms with E-state index in [1.165, 1.54) is 17.8 Å². The summed E-state index contributed by atoms with van der Waals surface area (Å²) in [5.74, 6) is 0.0665. The van der Waals surface area contributed by atoms with Gasteiger partial charge < -0.3 is 5.32 Å². The molecule has 0 unspecified atom stereocenters. The number of nitrogens with zero attached hydrogens (tertiary/aromatic N) is 1. The van der Waals surface area contributed by atoms with E-state index in [1.807, 2.05) is 6.92 Å². The van der Waals surface area contributed by atoms with Crippen LogP contribution in [0.15, 0.2) is 24.3 Å². The molecular formula is C16H19FN2OS. The number of hydrogen-bond donors (Lipinski definition) is 1. The summed E-state index contributed by atoms with van der Waals surface area (Å²) in [7, 11) is 0. The highest BCUT2D eigenvalue weighted by molar-refractivity contribution is 8.00. The lowest BCUT2D eigenvalue weighted by atomic mass is 9.98. The van der Waals surface area contributed by atoms with Gasteiger partial charge in [0.15, 0.2) is 0 Å². The van der Waals surface area contributed by atoms with Gasteiger partial charge in [0.05, 0.1) is 11.8 Å². The standard InChI is InChI=1S/C16H19FN2OS/c1-11(13-5-3-4-6-14(13)17)21-9-15(20)19-16(2,10-18)12-7-8-12/h3-6,11-12H,7-9H2,1-2H3,(H,19,20)/t11-,16+/m1/s1. The Morgan fingerprint density at radius 2 is 2.24 bits per heavy atom. The van der Waals surface area contributed by atoms with Gasteiger partial charge >= 0.3 is 0 Å². The van der Waals surface area contributed by atoms with Crippen molar-refractivity contribution in [3.05, 3.63) is 35.6 Å². The number of halogens is 1. The summed E-state index contributed by atoms with van der Waals surface area (Å²) in [6.07, 6.45) is 1.98. The van der Waals surface area contributed by atoms with Gasteiger partial charge in [-0.05, 0) is 38.7 Å². The largest absolute Gasteiger partial charge is 0.337 e. The number of nitriles is 1. The molecule has 21 heavy (non-hydrogen) atoms. The van der Waals surface area contributed by atoms with Gasteiger partial charge in [-0.2, -0.15) is 5.26 Å². The van der Waals surface area contributed by atoms with Gasteiger partial charge in [0.1, 0.15) is 11.4 Å². The van der Waals surface area contributed by atoms with Gasteiger partial charge in [-0.25, -0.2) is 4.39 Å². The molecule has 2 atom stereocenters. The number of hydrogen-bond acceptors (Lipinski definition) is 3. The molecule has 1 aliphatic rings. The molecule has 0 bridgehead atoms. The van der Waals surface area contributed by atoms with Gasteiger partial charge in [0.2, 0.25) is 5.91 Å². The van der Waals surface area contributed by atoms with Crippen LogP contribution in [0.1, 0.15) is 37.5 Å². The average Bonchev–Trinajstić information content (AvgIpc) is 3.30. The van der Waals surface area contributed by atoms with E-state index >= 15 is 0 Å². The number of carbonyl (C=O) groups excluding carboxylic acids is 1. The van der Waals surface area contributed by atoms with E-state index in [-0.39, 0.29) is 28.6 Å². The zero-order chi connectivity index (χ0) is 15.5. The minimum Gasteiger partial charge on any atom is -0.337 e. The molecule has 112 valence electrons. The fourth-order valence-corrected chi connectivity index (χ4v) is 3.15. The lowest BCUT2D eigenvalue weighted by molar-refractivity contribution is -0.119. The van der Waals surface area contributed by atoms with Crippen molar-refractivity contribution in [2.75, 3.05) is 5.75 Å². The summed E-state index contributed by atoms with van der Waals surface area (Å²) in [4.78, 5) is 12.0. The van der Waals surface area contributed by atoms with Crippen LogP contribution in [0.3, 0.4) is 0 Å². The second kappa shape index (κ2) is 6.48. The van der Waals surface area contributed by atoms with Crippen LogP contribution in [0.2, 0.25) is 0 Å². The third-order valence-corrected chi connectivity index (χ3v) is 5.02. The molecular weight excluding hydrogens is 287 g/mol. The summed E-state index contributed by atoms with van der Waals surface area (Å²) in [6.45, 7) is 3.65. The molecule has 0 spiro atoms. The number of benzene rings is 1. The van der Waals surface area contributed by atoms with Gasteiger partial charge in [-0.15, -0.1) is 11.8 Å². The normalized spacial score (nSPS) is 18.4. The topological polar surface area (TPSA) is 52.9 Å². The van der Waals surface area contributed by atoms with E-state index in [0.29, 0.717) is 5.56 Å². The zero-order valence-corrected chi connectivity index (χ0v) is 13.0. The number of amides is 1. The van der Waals surface area contributed by atoms with E-state index in [2.05, 4.69) is 11.4 Å². The highest BCUT2D eigenvalue weighted by atomic mass is 32.2. The molecule has 1 N–H and O–H groups in total. The molecule has 1 amide bonds. The SMILES string of the molecule is C[C@@H](SCC(=O)N[C@@](C)(C#N)C1CC1)c1ccccc1F. The molecule has 3 nitrogen and oxygen atoms in total. The predicted octanol–water partition coefficient (Wildman–Crippen LogP) is 3.43. The first kappa shape index (κ1) is 15.8. The zero-order valence-electron chi connectivity index (χ0n) is 12.2. The Morgan fingerprint density at radius 3 is 2.81 bits per heavy atom. The quantitative estimate of drug-likeness (QED) is 0.876. The molecule has 0 aliphatic heterocycles. The first-order chi connectivity index (χ1) is 9.96. The van der Waals surface area contributed by atoms with Gasteiger partial charge in [0.25, 0.3) is 0 Å². The Kier molecular flexibility index (Phi) is 4.89. The maximum atomic E-state index is 13.6. The van der Waals surface area contributed by atoms with Crippen LogP contribution >= 0.6 is 11.8 Å². The molecule has 1 aliphatic carbocycles. The van der Waals surface area contributed by atoms with Crippen molar-refractivity contribution in [2.45, 2.75) is 37.5 Å². The third kappa shape index (κ3) is 3.98. The van der Waals surface area contributed by atoms with Crippen molar-refractivity contribution in [1.82, 2.24) is 5.32 Å². The average molecular weight is 306 g/mol. The van der Waals surface area contributed by atoms with Crippen molar-refractivity contribution in [3.63, 3.8) is 0 Å².